The number of aliphatic hydroxyl groups excluding tert-OH is 12. The Kier molecular flexibility index (Phi) is 11.5. The predicted octanol–water partition coefficient (Wildman–Crippen LogP) is -8.08. The van der Waals surface area contributed by atoms with E-state index in [1.807, 2.05) is 0 Å². The summed E-state index contributed by atoms with van der Waals surface area (Å²) in [5.41, 5.74) is 0. The van der Waals surface area contributed by atoms with E-state index < -0.39 is 137 Å². The molecule has 4 fully saturated rings. The fraction of sp³-hybridized carbons (Fsp3) is 1.00. The van der Waals surface area contributed by atoms with E-state index in [0.717, 1.165) is 0 Å². The summed E-state index contributed by atoms with van der Waals surface area (Å²) in [6.45, 7) is -0.610. The maximum atomic E-state index is 10.7. The van der Waals surface area contributed by atoms with Crippen molar-refractivity contribution in [3.05, 3.63) is 0 Å². The highest BCUT2D eigenvalue weighted by Crippen LogP contribution is 2.32. The molecule has 0 spiro atoms. The van der Waals surface area contributed by atoms with E-state index in [1.165, 1.54) is 6.92 Å². The Balaban J connectivity index is 1.36. The minimum atomic E-state index is -1.90. The molecule has 0 aromatic heterocycles. The van der Waals surface area contributed by atoms with Crippen LogP contribution in [0.2, 0.25) is 0 Å². The lowest BCUT2D eigenvalue weighted by molar-refractivity contribution is -0.377. The minimum Gasteiger partial charge on any atom is -0.394 e. The van der Waals surface area contributed by atoms with Crippen molar-refractivity contribution >= 4 is 0 Å². The third-order valence-corrected chi connectivity index (χ3v) is 7.79. The van der Waals surface area contributed by atoms with Gasteiger partial charge in [-0.3, -0.25) is 0 Å². The van der Waals surface area contributed by atoms with E-state index in [1.54, 1.807) is 0 Å². The molecule has 0 amide bonds. The summed E-state index contributed by atoms with van der Waals surface area (Å²) in [6, 6.07) is 0. The average Bonchev–Trinajstić information content (AvgIpc) is 2.97. The molecule has 0 aromatic rings. The molecule has 19 heteroatoms. The molecule has 4 saturated heterocycles. The Morgan fingerprint density at radius 3 is 1.69 bits per heavy atom. The number of hydrogen-bond acceptors (Lipinski definition) is 19. The van der Waals surface area contributed by atoms with E-state index in [-0.39, 0.29) is 0 Å². The average molecular weight is 621 g/mol. The summed E-state index contributed by atoms with van der Waals surface area (Å²) in [5, 5.41) is 122. The second kappa shape index (κ2) is 14.1. The van der Waals surface area contributed by atoms with Crippen molar-refractivity contribution in [2.24, 2.45) is 0 Å². The van der Waals surface area contributed by atoms with Crippen LogP contribution in [0.1, 0.15) is 6.92 Å². The molecular formula is C23H40O19. The summed E-state index contributed by atoms with van der Waals surface area (Å²) in [5.74, 6) is 0. The van der Waals surface area contributed by atoms with Crippen LogP contribution in [0.15, 0.2) is 0 Å². The van der Waals surface area contributed by atoms with Gasteiger partial charge in [0, 0.05) is 0 Å². The molecule has 42 heavy (non-hydrogen) atoms. The van der Waals surface area contributed by atoms with Crippen molar-refractivity contribution in [2.45, 2.75) is 124 Å². The lowest BCUT2D eigenvalue weighted by atomic mass is 9.96. The van der Waals surface area contributed by atoms with Gasteiger partial charge in [0.2, 0.25) is 0 Å². The van der Waals surface area contributed by atoms with E-state index in [9.17, 15) is 61.3 Å². The molecule has 0 saturated carbocycles. The van der Waals surface area contributed by atoms with Crippen LogP contribution in [0.4, 0.5) is 0 Å². The SMILES string of the molecule is C[C@@H]1O[C@H](O)[C@H](O)[C@H](O)[C@H]1O[C@@H]1OC[C@@H](O[C@H]2O[C@@H](CO)[C@H](O[C@@H]3O[C@H](CO)[C@@H](O)[C@H](O)[C@@H]3O)[C@@H](O)[C@@H]2O)[C@H](O)[C@@H]1O. The van der Waals surface area contributed by atoms with Gasteiger partial charge in [-0.2, -0.15) is 0 Å². The fourth-order valence-electron chi connectivity index (χ4n) is 5.21. The van der Waals surface area contributed by atoms with Gasteiger partial charge in [-0.1, -0.05) is 0 Å². The molecule has 0 bridgehead atoms. The van der Waals surface area contributed by atoms with Crippen LogP contribution in [-0.2, 0) is 33.2 Å². The summed E-state index contributed by atoms with van der Waals surface area (Å²) >= 11 is 0. The molecule has 246 valence electrons. The van der Waals surface area contributed by atoms with Gasteiger partial charge >= 0.3 is 0 Å². The molecule has 0 aromatic carbocycles. The molecule has 19 atom stereocenters. The first-order chi connectivity index (χ1) is 19.8. The highest BCUT2D eigenvalue weighted by atomic mass is 16.8. The van der Waals surface area contributed by atoms with Crippen LogP contribution in [0.3, 0.4) is 0 Å². The van der Waals surface area contributed by atoms with Gasteiger partial charge in [0.25, 0.3) is 0 Å². The number of aliphatic hydroxyl groups is 12. The lowest BCUT2D eigenvalue weighted by Crippen LogP contribution is -2.66. The molecule has 0 aliphatic carbocycles. The summed E-state index contributed by atoms with van der Waals surface area (Å²) in [6.07, 6.45) is -30.5. The maximum absolute atomic E-state index is 10.7. The zero-order valence-corrected chi connectivity index (χ0v) is 22.3. The van der Waals surface area contributed by atoms with Gasteiger partial charge < -0.3 is 94.4 Å². The van der Waals surface area contributed by atoms with E-state index in [2.05, 4.69) is 0 Å². The topological polar surface area (TPSA) is 307 Å². The van der Waals surface area contributed by atoms with Crippen LogP contribution in [-0.4, -0.2) is 198 Å². The van der Waals surface area contributed by atoms with Gasteiger partial charge in [-0.25, -0.2) is 0 Å². The molecule has 4 aliphatic rings. The number of ether oxygens (including phenoxy) is 7. The van der Waals surface area contributed by atoms with Crippen molar-refractivity contribution in [1.29, 1.82) is 0 Å². The Morgan fingerprint density at radius 1 is 0.524 bits per heavy atom. The van der Waals surface area contributed by atoms with Crippen molar-refractivity contribution in [1.82, 2.24) is 0 Å². The highest BCUT2D eigenvalue weighted by Gasteiger charge is 2.53. The number of hydrogen-bond donors (Lipinski definition) is 12. The van der Waals surface area contributed by atoms with Gasteiger partial charge in [-0.05, 0) is 6.92 Å². The maximum Gasteiger partial charge on any atom is 0.187 e. The Bertz CT molecular complexity index is 851. The molecule has 12 N–H and O–H groups in total. The van der Waals surface area contributed by atoms with E-state index in [4.69, 9.17) is 33.2 Å². The normalized spacial score (nSPS) is 54.1. The first-order valence-electron chi connectivity index (χ1n) is 13.4. The molecule has 4 heterocycles. The third-order valence-electron chi connectivity index (χ3n) is 7.79. The lowest BCUT2D eigenvalue weighted by Gasteiger charge is -2.47. The van der Waals surface area contributed by atoms with Crippen molar-refractivity contribution < 1.29 is 94.4 Å². The first kappa shape index (κ1) is 34.1. The van der Waals surface area contributed by atoms with Crippen LogP contribution >= 0.6 is 0 Å². The summed E-state index contributed by atoms with van der Waals surface area (Å²) in [4.78, 5) is 0. The Labute approximate surface area is 238 Å². The van der Waals surface area contributed by atoms with Gasteiger partial charge in [-0.15, -0.1) is 0 Å². The second-order valence-electron chi connectivity index (χ2n) is 10.7. The predicted molar refractivity (Wildman–Crippen MR) is 126 cm³/mol. The largest absolute Gasteiger partial charge is 0.394 e. The minimum absolute atomic E-state index is 0.469. The van der Waals surface area contributed by atoms with Crippen molar-refractivity contribution in [3.8, 4) is 0 Å². The smallest absolute Gasteiger partial charge is 0.187 e. The van der Waals surface area contributed by atoms with Gasteiger partial charge in [0.1, 0.15) is 85.5 Å². The molecule has 4 rings (SSSR count). The highest BCUT2D eigenvalue weighted by molar-refractivity contribution is 4.95. The van der Waals surface area contributed by atoms with Gasteiger partial charge in [0.15, 0.2) is 25.2 Å². The van der Waals surface area contributed by atoms with Crippen LogP contribution < -0.4 is 0 Å². The zero-order chi connectivity index (χ0) is 31.0. The van der Waals surface area contributed by atoms with Crippen LogP contribution in [0.5, 0.6) is 0 Å². The fourth-order valence-corrected chi connectivity index (χ4v) is 5.21. The monoisotopic (exact) mass is 620 g/mol. The summed E-state index contributed by atoms with van der Waals surface area (Å²) in [7, 11) is 0. The molecule has 0 radical (unpaired) electrons. The molecular weight excluding hydrogens is 580 g/mol. The van der Waals surface area contributed by atoms with Crippen LogP contribution in [0, 0.1) is 0 Å². The standard InChI is InChI=1S/C23H40O19/c1-5-18(12(29)14(31)20(35)37-5)41-21-15(32)10(27)8(4-36-21)40-22-17(34)13(30)19(7(3-25)39-22)42-23-16(33)11(28)9(26)6(2-24)38-23/h5-35H,2-4H2,1H3/t5-,6+,7-,8+,9+,10-,11-,12-,13-,14+,15-,16-,17-,18-,19-,20-,21-,22+,23-/m0/s1. The van der Waals surface area contributed by atoms with Gasteiger partial charge in [0.05, 0.1) is 25.9 Å². The Hall–Kier alpha value is -0.760. The summed E-state index contributed by atoms with van der Waals surface area (Å²) < 4.78 is 37.8. The molecule has 0 unspecified atom stereocenters. The van der Waals surface area contributed by atoms with E-state index in [0.29, 0.717) is 0 Å². The van der Waals surface area contributed by atoms with E-state index >= 15 is 0 Å². The van der Waals surface area contributed by atoms with Crippen molar-refractivity contribution in [2.75, 3.05) is 19.8 Å². The third kappa shape index (κ3) is 6.74. The zero-order valence-electron chi connectivity index (χ0n) is 22.3. The molecule has 19 nitrogen and oxygen atoms in total. The first-order valence-corrected chi connectivity index (χ1v) is 13.4. The number of rotatable bonds is 8. The quantitative estimate of drug-likeness (QED) is 0.120. The van der Waals surface area contributed by atoms with Crippen LogP contribution in [0.25, 0.3) is 0 Å². The second-order valence-corrected chi connectivity index (χ2v) is 10.7. The Morgan fingerprint density at radius 2 is 1.05 bits per heavy atom. The van der Waals surface area contributed by atoms with Crippen molar-refractivity contribution in [3.63, 3.8) is 0 Å². The molecule has 4 aliphatic heterocycles.